The lowest BCUT2D eigenvalue weighted by atomic mass is 9.83. The molecule has 2 aliphatic carbocycles. The molecule has 6 heteroatoms. The topological polar surface area (TPSA) is 79.2 Å². The molecule has 1 saturated carbocycles. The van der Waals surface area contributed by atoms with Gasteiger partial charge in [0, 0.05) is 10.3 Å². The number of hydrogen-bond acceptors (Lipinski definition) is 5. The van der Waals surface area contributed by atoms with Crippen molar-refractivity contribution in [2.45, 2.75) is 76.4 Å². The van der Waals surface area contributed by atoms with Gasteiger partial charge in [-0.3, -0.25) is 4.79 Å². The summed E-state index contributed by atoms with van der Waals surface area (Å²) in [5.41, 5.74) is 0.888. The van der Waals surface area contributed by atoms with Crippen LogP contribution in [0.2, 0.25) is 0 Å². The van der Waals surface area contributed by atoms with Gasteiger partial charge in [-0.2, -0.15) is 5.26 Å². The van der Waals surface area contributed by atoms with Crippen molar-refractivity contribution in [3.8, 4) is 6.07 Å². The third kappa shape index (κ3) is 3.87. The van der Waals surface area contributed by atoms with E-state index >= 15 is 0 Å². The summed E-state index contributed by atoms with van der Waals surface area (Å²) < 4.78 is 5.40. The molecule has 5 nitrogen and oxygen atoms in total. The zero-order chi connectivity index (χ0) is 17.9. The zero-order valence-corrected chi connectivity index (χ0v) is 15.4. The highest BCUT2D eigenvalue weighted by Crippen LogP contribution is 2.31. The van der Waals surface area contributed by atoms with Crippen LogP contribution in [0.3, 0.4) is 0 Å². The van der Waals surface area contributed by atoms with E-state index in [-0.39, 0.29) is 5.91 Å². The Morgan fingerprint density at radius 3 is 2.68 bits per heavy atom. The van der Waals surface area contributed by atoms with E-state index in [4.69, 9.17) is 4.74 Å². The summed E-state index contributed by atoms with van der Waals surface area (Å²) in [6, 6.07) is 2.25. The predicted octanol–water partition coefficient (Wildman–Crippen LogP) is 3.51. The monoisotopic (exact) mass is 360 g/mol. The number of nitrogens with zero attached hydrogens (tertiary/aromatic N) is 1. The van der Waals surface area contributed by atoms with Gasteiger partial charge in [0.15, 0.2) is 6.10 Å². The fourth-order valence-corrected chi connectivity index (χ4v) is 4.82. The number of carbonyl (C=O) groups is 2. The largest absolute Gasteiger partial charge is 0.449 e. The molecule has 1 amide bonds. The first-order valence-corrected chi connectivity index (χ1v) is 9.96. The Hall–Kier alpha value is -1.87. The van der Waals surface area contributed by atoms with Gasteiger partial charge in [0.1, 0.15) is 5.54 Å². The number of thiophene rings is 1. The molecule has 1 aromatic rings. The Kier molecular flexibility index (Phi) is 5.43. The normalized spacial score (nSPS) is 20.0. The molecule has 0 aromatic carbocycles. The zero-order valence-electron chi connectivity index (χ0n) is 14.6. The maximum Gasteiger partial charge on any atom is 0.340 e. The van der Waals surface area contributed by atoms with Crippen LogP contribution in [-0.4, -0.2) is 23.5 Å². The maximum atomic E-state index is 12.5. The minimum atomic E-state index is -0.904. The standard InChI is InChI=1S/C19H24N2O3S/c1-13(17(22)21-19(12-20)9-5-2-6-10-19)24-18(23)15-11-25-16-8-4-3-7-14(15)16/h11,13H,2-10H2,1H3,(H,21,22)/t13-/m0/s1. The Balaban J connectivity index is 1.62. The van der Waals surface area contributed by atoms with E-state index in [2.05, 4.69) is 11.4 Å². The van der Waals surface area contributed by atoms with Crippen LogP contribution in [-0.2, 0) is 22.4 Å². The molecule has 1 fully saturated rings. The first-order chi connectivity index (χ1) is 12.0. The molecule has 2 aliphatic rings. The summed E-state index contributed by atoms with van der Waals surface area (Å²) in [5.74, 6) is -0.822. The first-order valence-electron chi connectivity index (χ1n) is 9.08. The van der Waals surface area contributed by atoms with E-state index in [1.165, 1.54) is 4.88 Å². The summed E-state index contributed by atoms with van der Waals surface area (Å²) in [6.45, 7) is 1.57. The van der Waals surface area contributed by atoms with Crippen molar-refractivity contribution in [1.82, 2.24) is 5.32 Å². The lowest BCUT2D eigenvalue weighted by molar-refractivity contribution is -0.130. The van der Waals surface area contributed by atoms with E-state index in [1.54, 1.807) is 18.3 Å². The molecule has 3 rings (SSSR count). The molecule has 0 unspecified atom stereocenters. The highest BCUT2D eigenvalue weighted by molar-refractivity contribution is 7.10. The van der Waals surface area contributed by atoms with E-state index in [9.17, 15) is 14.9 Å². The molecule has 1 atom stereocenters. The van der Waals surface area contributed by atoms with Gasteiger partial charge in [0.2, 0.25) is 0 Å². The highest BCUT2D eigenvalue weighted by atomic mass is 32.1. The van der Waals surface area contributed by atoms with Crippen molar-refractivity contribution in [2.75, 3.05) is 0 Å². The first kappa shape index (κ1) is 17.9. The van der Waals surface area contributed by atoms with Crippen molar-refractivity contribution in [1.29, 1.82) is 5.26 Å². The maximum absolute atomic E-state index is 12.5. The fourth-order valence-electron chi connectivity index (χ4n) is 3.70. The van der Waals surface area contributed by atoms with Gasteiger partial charge in [-0.25, -0.2) is 4.79 Å². The predicted molar refractivity (Wildman–Crippen MR) is 95.4 cm³/mol. The summed E-state index contributed by atoms with van der Waals surface area (Å²) in [6.07, 6.45) is 7.55. The van der Waals surface area contributed by atoms with E-state index in [1.807, 2.05) is 5.38 Å². The molecular formula is C19H24N2O3S. The summed E-state index contributed by atoms with van der Waals surface area (Å²) in [5, 5.41) is 14.1. The molecule has 0 radical (unpaired) electrons. The Bertz CT molecular complexity index is 698. The van der Waals surface area contributed by atoms with Gasteiger partial charge in [0.25, 0.3) is 5.91 Å². The number of esters is 1. The van der Waals surface area contributed by atoms with E-state index in [0.29, 0.717) is 18.4 Å². The second kappa shape index (κ2) is 7.57. The number of amides is 1. The lowest BCUT2D eigenvalue weighted by Gasteiger charge is -2.32. The second-order valence-corrected chi connectivity index (χ2v) is 8.01. The summed E-state index contributed by atoms with van der Waals surface area (Å²) in [7, 11) is 0. The number of fused-ring (bicyclic) bond motifs is 1. The Morgan fingerprint density at radius 2 is 1.96 bits per heavy atom. The van der Waals surface area contributed by atoms with Gasteiger partial charge in [-0.05, 0) is 51.0 Å². The number of nitriles is 1. The molecule has 0 bridgehead atoms. The van der Waals surface area contributed by atoms with Crippen LogP contribution in [0.4, 0.5) is 0 Å². The Labute approximate surface area is 152 Å². The molecule has 1 heterocycles. The molecule has 1 aromatic heterocycles. The number of ether oxygens (including phenoxy) is 1. The van der Waals surface area contributed by atoms with Crippen molar-refractivity contribution in [2.24, 2.45) is 0 Å². The fraction of sp³-hybridized carbons (Fsp3) is 0.632. The van der Waals surface area contributed by atoms with Crippen LogP contribution in [0.1, 0.15) is 72.7 Å². The molecule has 0 aliphatic heterocycles. The SMILES string of the molecule is C[C@H](OC(=O)c1csc2c1CCCC2)C(=O)NC1(C#N)CCCCC1. The van der Waals surface area contributed by atoms with Gasteiger partial charge >= 0.3 is 5.97 Å². The second-order valence-electron chi connectivity index (χ2n) is 7.05. The lowest BCUT2D eigenvalue weighted by Crippen LogP contribution is -2.52. The van der Waals surface area contributed by atoms with Crippen LogP contribution < -0.4 is 5.32 Å². The third-order valence-electron chi connectivity index (χ3n) is 5.22. The molecule has 134 valence electrons. The summed E-state index contributed by atoms with van der Waals surface area (Å²) in [4.78, 5) is 26.2. The van der Waals surface area contributed by atoms with Crippen molar-refractivity contribution < 1.29 is 14.3 Å². The molecule has 0 saturated heterocycles. The van der Waals surface area contributed by atoms with Gasteiger partial charge in [-0.15, -0.1) is 11.3 Å². The van der Waals surface area contributed by atoms with Crippen molar-refractivity contribution in [3.63, 3.8) is 0 Å². The average Bonchev–Trinajstić information content (AvgIpc) is 3.06. The number of nitrogens with one attached hydrogen (secondary N) is 1. The average molecular weight is 360 g/mol. The van der Waals surface area contributed by atoms with Gasteiger partial charge in [0.05, 0.1) is 11.6 Å². The van der Waals surface area contributed by atoms with Gasteiger partial charge < -0.3 is 10.1 Å². The molecule has 1 N–H and O–H groups in total. The van der Waals surface area contributed by atoms with Crippen LogP contribution in [0.25, 0.3) is 0 Å². The van der Waals surface area contributed by atoms with E-state index < -0.39 is 17.6 Å². The van der Waals surface area contributed by atoms with Crippen LogP contribution in [0.5, 0.6) is 0 Å². The smallest absolute Gasteiger partial charge is 0.340 e. The number of carbonyl (C=O) groups excluding carboxylic acids is 2. The molecule has 25 heavy (non-hydrogen) atoms. The highest BCUT2D eigenvalue weighted by Gasteiger charge is 2.35. The third-order valence-corrected chi connectivity index (χ3v) is 6.31. The summed E-state index contributed by atoms with van der Waals surface area (Å²) >= 11 is 1.60. The minimum Gasteiger partial charge on any atom is -0.449 e. The quantitative estimate of drug-likeness (QED) is 0.833. The Morgan fingerprint density at radius 1 is 1.24 bits per heavy atom. The molecular weight excluding hydrogens is 336 g/mol. The van der Waals surface area contributed by atoms with Gasteiger partial charge in [-0.1, -0.05) is 19.3 Å². The number of hydrogen-bond donors (Lipinski definition) is 1. The number of aryl methyl sites for hydroxylation is 1. The van der Waals surface area contributed by atoms with Crippen molar-refractivity contribution in [3.05, 3.63) is 21.4 Å². The molecule has 0 spiro atoms. The van der Waals surface area contributed by atoms with Crippen LogP contribution in [0, 0.1) is 11.3 Å². The van der Waals surface area contributed by atoms with Crippen LogP contribution >= 0.6 is 11.3 Å². The minimum absolute atomic E-state index is 0.388. The number of rotatable bonds is 4. The van der Waals surface area contributed by atoms with Crippen LogP contribution in [0.15, 0.2) is 5.38 Å². The van der Waals surface area contributed by atoms with Crippen molar-refractivity contribution >= 4 is 23.2 Å². The van der Waals surface area contributed by atoms with E-state index in [0.717, 1.165) is 50.5 Å².